The largest absolute Gasteiger partial charge is 0.469 e. The first-order valence-corrected chi connectivity index (χ1v) is 6.82. The topological polar surface area (TPSA) is 55.8 Å². The molecule has 0 bridgehead atoms. The van der Waals surface area contributed by atoms with E-state index in [0.29, 0.717) is 13.1 Å². The molecule has 5 nitrogen and oxygen atoms in total. The molecule has 1 heterocycles. The summed E-state index contributed by atoms with van der Waals surface area (Å²) in [5.41, 5.74) is 2.01. The summed E-state index contributed by atoms with van der Waals surface area (Å²) < 4.78 is 9.45. The molecule has 1 aromatic carbocycles. The first kappa shape index (κ1) is 17.0. The molecule has 0 spiro atoms. The van der Waals surface area contributed by atoms with Gasteiger partial charge in [-0.05, 0) is 31.9 Å². The highest BCUT2D eigenvalue weighted by Gasteiger charge is 2.27. The van der Waals surface area contributed by atoms with Gasteiger partial charge in [0.15, 0.2) is 0 Å². The molecule has 1 aliphatic heterocycles. The van der Waals surface area contributed by atoms with Crippen LogP contribution in [0.3, 0.4) is 0 Å². The number of benzene rings is 1. The van der Waals surface area contributed by atoms with Gasteiger partial charge in [0, 0.05) is 20.0 Å². The fourth-order valence-electron chi connectivity index (χ4n) is 1.79. The zero-order valence-electron chi connectivity index (χ0n) is 13.3. The van der Waals surface area contributed by atoms with Crippen molar-refractivity contribution in [3.63, 3.8) is 0 Å². The van der Waals surface area contributed by atoms with Crippen LogP contribution in [-0.2, 0) is 27.4 Å². The van der Waals surface area contributed by atoms with Crippen molar-refractivity contribution in [2.75, 3.05) is 7.11 Å². The lowest BCUT2D eigenvalue weighted by Crippen LogP contribution is -2.33. The van der Waals surface area contributed by atoms with E-state index in [-0.39, 0.29) is 12.1 Å². The number of ether oxygens (including phenoxy) is 2. The Hall–Kier alpha value is -2.04. The average Bonchev–Trinajstić information content (AvgIpc) is 2.81. The fraction of sp³-hybridized carbons (Fsp3) is 0.500. The SMILES string of the molecule is CC(C)(C)OC(=O)N1Cc2ccccc2C1.COC(C)=O. The Morgan fingerprint density at radius 1 is 1.10 bits per heavy atom. The molecule has 0 unspecified atom stereocenters. The van der Waals surface area contributed by atoms with Crippen LogP contribution in [0.15, 0.2) is 24.3 Å². The van der Waals surface area contributed by atoms with E-state index in [0.717, 1.165) is 0 Å². The van der Waals surface area contributed by atoms with Gasteiger partial charge in [-0.1, -0.05) is 24.3 Å². The van der Waals surface area contributed by atoms with Gasteiger partial charge in [-0.25, -0.2) is 4.79 Å². The molecule has 116 valence electrons. The molecule has 0 atom stereocenters. The van der Waals surface area contributed by atoms with Gasteiger partial charge >= 0.3 is 12.1 Å². The molecule has 0 N–H and O–H groups in total. The quantitative estimate of drug-likeness (QED) is 0.690. The van der Waals surface area contributed by atoms with Gasteiger partial charge in [0.05, 0.1) is 7.11 Å². The maximum absolute atomic E-state index is 11.8. The van der Waals surface area contributed by atoms with Crippen LogP contribution in [-0.4, -0.2) is 29.7 Å². The summed E-state index contributed by atoms with van der Waals surface area (Å²) in [6.07, 6.45) is -0.233. The first-order chi connectivity index (χ1) is 9.73. The summed E-state index contributed by atoms with van der Waals surface area (Å²) in [4.78, 5) is 23.2. The molecule has 1 aliphatic rings. The Kier molecular flexibility index (Phi) is 5.76. The van der Waals surface area contributed by atoms with Crippen molar-refractivity contribution >= 4 is 12.1 Å². The van der Waals surface area contributed by atoms with Crippen LogP contribution in [0, 0.1) is 0 Å². The van der Waals surface area contributed by atoms with Crippen LogP contribution in [0.2, 0.25) is 0 Å². The third-order valence-corrected chi connectivity index (χ3v) is 2.78. The van der Waals surface area contributed by atoms with E-state index >= 15 is 0 Å². The van der Waals surface area contributed by atoms with Crippen molar-refractivity contribution in [3.05, 3.63) is 35.4 Å². The Bertz CT molecular complexity index is 480. The zero-order valence-corrected chi connectivity index (χ0v) is 13.3. The van der Waals surface area contributed by atoms with Crippen LogP contribution < -0.4 is 0 Å². The van der Waals surface area contributed by atoms with Gasteiger partial charge in [0.2, 0.25) is 0 Å². The standard InChI is InChI=1S/C13H17NO2.C3H6O2/c1-13(2,3)16-12(15)14-8-10-6-4-5-7-11(10)9-14;1-3(4)5-2/h4-7H,8-9H2,1-3H3;1-2H3. The van der Waals surface area contributed by atoms with E-state index in [1.165, 1.54) is 25.2 Å². The normalized spacial score (nSPS) is 12.9. The molecule has 0 saturated carbocycles. The van der Waals surface area contributed by atoms with Gasteiger partial charge in [-0.15, -0.1) is 0 Å². The highest BCUT2D eigenvalue weighted by molar-refractivity contribution is 5.69. The first-order valence-electron chi connectivity index (χ1n) is 6.82. The molecule has 0 aromatic heterocycles. The molecule has 5 heteroatoms. The monoisotopic (exact) mass is 293 g/mol. The van der Waals surface area contributed by atoms with Gasteiger partial charge < -0.3 is 9.47 Å². The molecule has 0 aliphatic carbocycles. The number of fused-ring (bicyclic) bond motifs is 1. The van der Waals surface area contributed by atoms with E-state index < -0.39 is 5.60 Å². The fourth-order valence-corrected chi connectivity index (χ4v) is 1.79. The van der Waals surface area contributed by atoms with E-state index in [2.05, 4.69) is 16.9 Å². The number of nitrogens with zero attached hydrogens (tertiary/aromatic N) is 1. The van der Waals surface area contributed by atoms with Crippen LogP contribution in [0.25, 0.3) is 0 Å². The van der Waals surface area contributed by atoms with Crippen LogP contribution in [0.1, 0.15) is 38.8 Å². The van der Waals surface area contributed by atoms with Gasteiger partial charge in [0.1, 0.15) is 5.60 Å². The number of hydrogen-bond donors (Lipinski definition) is 0. The third-order valence-electron chi connectivity index (χ3n) is 2.78. The summed E-state index contributed by atoms with van der Waals surface area (Å²) in [7, 11) is 1.35. The van der Waals surface area contributed by atoms with Crippen LogP contribution in [0.4, 0.5) is 4.79 Å². The molecule has 1 amide bonds. The number of carbonyl (C=O) groups is 2. The van der Waals surface area contributed by atoms with Crippen molar-refractivity contribution in [2.24, 2.45) is 0 Å². The molecule has 0 radical (unpaired) electrons. The molecule has 2 rings (SSSR count). The van der Waals surface area contributed by atoms with E-state index in [1.54, 1.807) is 4.90 Å². The lowest BCUT2D eigenvalue weighted by atomic mass is 10.1. The number of rotatable bonds is 0. The van der Waals surface area contributed by atoms with E-state index in [1.807, 2.05) is 32.9 Å². The highest BCUT2D eigenvalue weighted by Crippen LogP contribution is 2.23. The Morgan fingerprint density at radius 2 is 1.52 bits per heavy atom. The minimum Gasteiger partial charge on any atom is -0.469 e. The van der Waals surface area contributed by atoms with Crippen LogP contribution >= 0.6 is 0 Å². The minimum atomic E-state index is -0.425. The Labute approximate surface area is 125 Å². The third kappa shape index (κ3) is 5.85. The van der Waals surface area contributed by atoms with Gasteiger partial charge in [-0.3, -0.25) is 9.69 Å². The number of esters is 1. The van der Waals surface area contributed by atoms with Crippen molar-refractivity contribution in [2.45, 2.75) is 46.4 Å². The summed E-state index contributed by atoms with van der Waals surface area (Å²) in [6.45, 7) is 8.33. The van der Waals surface area contributed by atoms with Crippen LogP contribution in [0.5, 0.6) is 0 Å². The maximum Gasteiger partial charge on any atom is 0.410 e. The maximum atomic E-state index is 11.8. The molecule has 21 heavy (non-hydrogen) atoms. The number of carbonyl (C=O) groups excluding carboxylic acids is 2. The summed E-state index contributed by atoms with van der Waals surface area (Å²) >= 11 is 0. The predicted molar refractivity (Wildman–Crippen MR) is 79.6 cm³/mol. The summed E-state index contributed by atoms with van der Waals surface area (Å²) in [5, 5.41) is 0. The lowest BCUT2D eigenvalue weighted by molar-refractivity contribution is -0.137. The number of amides is 1. The van der Waals surface area contributed by atoms with E-state index in [9.17, 15) is 9.59 Å². The second kappa shape index (κ2) is 7.11. The Morgan fingerprint density at radius 3 is 1.86 bits per heavy atom. The second-order valence-corrected chi connectivity index (χ2v) is 5.80. The lowest BCUT2D eigenvalue weighted by Gasteiger charge is -2.24. The molecular formula is C16H23NO4. The molecule has 1 aromatic rings. The van der Waals surface area contributed by atoms with Crippen molar-refractivity contribution in [1.29, 1.82) is 0 Å². The molecule has 0 fully saturated rings. The Balaban J connectivity index is 0.000000383. The molecular weight excluding hydrogens is 270 g/mol. The summed E-state index contributed by atoms with van der Waals surface area (Å²) in [6, 6.07) is 8.11. The number of methoxy groups -OCH3 is 1. The molecule has 0 saturated heterocycles. The van der Waals surface area contributed by atoms with Crippen molar-refractivity contribution < 1.29 is 19.1 Å². The van der Waals surface area contributed by atoms with Crippen molar-refractivity contribution in [3.8, 4) is 0 Å². The minimum absolute atomic E-state index is 0.233. The highest BCUT2D eigenvalue weighted by atomic mass is 16.6. The number of hydrogen-bond acceptors (Lipinski definition) is 4. The van der Waals surface area contributed by atoms with Gasteiger partial charge in [-0.2, -0.15) is 0 Å². The van der Waals surface area contributed by atoms with Crippen molar-refractivity contribution in [1.82, 2.24) is 4.90 Å². The second-order valence-electron chi connectivity index (χ2n) is 5.80. The van der Waals surface area contributed by atoms with E-state index in [4.69, 9.17) is 4.74 Å². The van der Waals surface area contributed by atoms with Gasteiger partial charge in [0.25, 0.3) is 0 Å². The average molecular weight is 293 g/mol. The summed E-state index contributed by atoms with van der Waals surface area (Å²) in [5.74, 6) is -0.245. The smallest absolute Gasteiger partial charge is 0.410 e. The zero-order chi connectivity index (χ0) is 16.0. The predicted octanol–water partition coefficient (Wildman–Crippen LogP) is 3.12.